The van der Waals surface area contributed by atoms with Crippen molar-refractivity contribution in [2.45, 2.75) is 13.5 Å². The molecule has 0 aromatic heterocycles. The molecule has 0 unspecified atom stereocenters. The van der Waals surface area contributed by atoms with Gasteiger partial charge < -0.3 is 10.1 Å². The lowest BCUT2D eigenvalue weighted by Gasteiger charge is -2.09. The maximum absolute atomic E-state index is 12.4. The van der Waals surface area contributed by atoms with Crippen LogP contribution in [0.3, 0.4) is 0 Å². The van der Waals surface area contributed by atoms with E-state index in [2.05, 4.69) is 26.2 Å². The number of carbonyl (C=O) groups is 1. The zero-order chi connectivity index (χ0) is 21.8. The highest BCUT2D eigenvalue weighted by Gasteiger charge is 2.24. The number of aryl methyl sites for hydroxylation is 1. The van der Waals surface area contributed by atoms with E-state index in [0.29, 0.717) is 21.7 Å². The van der Waals surface area contributed by atoms with Crippen LogP contribution >= 0.6 is 39.3 Å². The second kappa shape index (κ2) is 9.73. The van der Waals surface area contributed by atoms with Crippen molar-refractivity contribution in [3.63, 3.8) is 0 Å². The molecule has 3 aromatic rings. The number of benzene rings is 3. The third-order valence-electron chi connectivity index (χ3n) is 4.52. The minimum atomic E-state index is -0.170. The van der Waals surface area contributed by atoms with Gasteiger partial charge in [-0.25, -0.2) is 4.99 Å². The third kappa shape index (κ3) is 5.58. The number of hydrogen-bond acceptors (Lipinski definition) is 4. The molecule has 1 saturated heterocycles. The summed E-state index contributed by atoms with van der Waals surface area (Å²) in [5.74, 6) is 0.575. The second-order valence-electron chi connectivity index (χ2n) is 6.88. The van der Waals surface area contributed by atoms with Crippen molar-refractivity contribution >= 4 is 62.1 Å². The number of halogens is 2. The van der Waals surface area contributed by atoms with Crippen LogP contribution in [0.25, 0.3) is 6.08 Å². The van der Waals surface area contributed by atoms with E-state index in [1.54, 1.807) is 6.07 Å². The molecule has 1 fully saturated rings. The molecule has 4 rings (SSSR count). The second-order valence-corrected chi connectivity index (χ2v) is 9.20. The predicted octanol–water partition coefficient (Wildman–Crippen LogP) is 6.88. The van der Waals surface area contributed by atoms with Gasteiger partial charge in [0.2, 0.25) is 0 Å². The summed E-state index contributed by atoms with van der Waals surface area (Å²) in [6.45, 7) is 2.42. The van der Waals surface area contributed by atoms with E-state index in [9.17, 15) is 4.79 Å². The fraction of sp³-hybridized carbons (Fsp3) is 0.0833. The van der Waals surface area contributed by atoms with Gasteiger partial charge in [-0.15, -0.1) is 0 Å². The molecular weight excluding hydrogens is 496 g/mol. The van der Waals surface area contributed by atoms with Crippen LogP contribution < -0.4 is 10.1 Å². The maximum Gasteiger partial charge on any atom is 0.264 e. The van der Waals surface area contributed by atoms with Crippen molar-refractivity contribution < 1.29 is 9.53 Å². The predicted molar refractivity (Wildman–Crippen MR) is 132 cm³/mol. The topological polar surface area (TPSA) is 50.7 Å². The van der Waals surface area contributed by atoms with Crippen molar-refractivity contribution in [2.75, 3.05) is 0 Å². The number of ether oxygens (including phenoxy) is 1. The van der Waals surface area contributed by atoms with Crippen molar-refractivity contribution in [1.29, 1.82) is 0 Å². The first-order valence-electron chi connectivity index (χ1n) is 9.50. The van der Waals surface area contributed by atoms with Crippen LogP contribution in [0.1, 0.15) is 16.7 Å². The maximum atomic E-state index is 12.4. The first-order chi connectivity index (χ1) is 15.0. The molecule has 1 heterocycles. The van der Waals surface area contributed by atoms with Crippen LogP contribution in [0.15, 0.2) is 81.1 Å². The lowest BCUT2D eigenvalue weighted by molar-refractivity contribution is -0.115. The number of amidine groups is 1. The molecule has 0 saturated carbocycles. The van der Waals surface area contributed by atoms with E-state index >= 15 is 0 Å². The molecule has 7 heteroatoms. The summed E-state index contributed by atoms with van der Waals surface area (Å²) in [6.07, 6.45) is 1.84. The number of hydrogen-bond donors (Lipinski definition) is 1. The van der Waals surface area contributed by atoms with Crippen LogP contribution in [0.5, 0.6) is 5.75 Å². The van der Waals surface area contributed by atoms with Crippen molar-refractivity contribution in [2.24, 2.45) is 4.99 Å². The molecule has 1 amide bonds. The minimum Gasteiger partial charge on any atom is -0.488 e. The summed E-state index contributed by atoms with van der Waals surface area (Å²) in [5, 5.41) is 4.02. The Kier molecular flexibility index (Phi) is 6.80. The largest absolute Gasteiger partial charge is 0.488 e. The molecule has 0 spiro atoms. The number of thioether (sulfide) groups is 1. The monoisotopic (exact) mass is 512 g/mol. The van der Waals surface area contributed by atoms with E-state index in [1.165, 1.54) is 11.8 Å². The summed E-state index contributed by atoms with van der Waals surface area (Å²) < 4.78 is 6.72. The molecule has 0 aliphatic carbocycles. The highest BCUT2D eigenvalue weighted by Crippen LogP contribution is 2.32. The molecule has 0 radical (unpaired) electrons. The summed E-state index contributed by atoms with van der Waals surface area (Å²) >= 11 is 10.9. The van der Waals surface area contributed by atoms with Crippen LogP contribution in [0, 0.1) is 6.92 Å². The summed E-state index contributed by atoms with van der Waals surface area (Å²) in [5.41, 5.74) is 3.71. The first-order valence-corrected chi connectivity index (χ1v) is 11.5. The zero-order valence-corrected chi connectivity index (χ0v) is 19.7. The number of carbonyl (C=O) groups excluding carboxylic acids is 1. The van der Waals surface area contributed by atoms with Crippen molar-refractivity contribution in [1.82, 2.24) is 5.32 Å². The molecule has 1 N–H and O–H groups in total. The Labute approximate surface area is 198 Å². The Hall–Kier alpha value is -2.54. The Bertz CT molecular complexity index is 1200. The van der Waals surface area contributed by atoms with E-state index in [0.717, 1.165) is 32.6 Å². The highest BCUT2D eigenvalue weighted by atomic mass is 79.9. The fourth-order valence-corrected chi connectivity index (χ4v) is 4.52. The van der Waals surface area contributed by atoms with Crippen LogP contribution in [0.2, 0.25) is 5.02 Å². The fourth-order valence-electron chi connectivity index (χ4n) is 2.94. The Morgan fingerprint density at radius 2 is 1.94 bits per heavy atom. The SMILES string of the molecule is Cc1cc(Cl)ccc1N=C1NC(=O)/C(=C/c2ccc(OCc3ccccc3)c(Br)c2)S1. The first kappa shape index (κ1) is 21.7. The average molecular weight is 514 g/mol. The summed E-state index contributed by atoms with van der Waals surface area (Å²) in [6, 6.07) is 21.2. The molecule has 1 aliphatic heterocycles. The van der Waals surface area contributed by atoms with Gasteiger partial charge in [-0.1, -0.05) is 48.0 Å². The van der Waals surface area contributed by atoms with Gasteiger partial charge in [-0.05, 0) is 87.7 Å². The molecule has 1 aliphatic rings. The molecule has 31 heavy (non-hydrogen) atoms. The lowest BCUT2D eigenvalue weighted by atomic mass is 10.2. The minimum absolute atomic E-state index is 0.170. The van der Waals surface area contributed by atoms with E-state index in [1.807, 2.05) is 73.7 Å². The van der Waals surface area contributed by atoms with Gasteiger partial charge in [0.25, 0.3) is 5.91 Å². The van der Waals surface area contributed by atoms with Gasteiger partial charge in [-0.2, -0.15) is 0 Å². The number of amides is 1. The molecule has 156 valence electrons. The number of nitrogens with zero attached hydrogens (tertiary/aromatic N) is 1. The molecule has 0 atom stereocenters. The number of nitrogens with one attached hydrogen (secondary N) is 1. The number of rotatable bonds is 5. The van der Waals surface area contributed by atoms with E-state index in [4.69, 9.17) is 16.3 Å². The molecule has 3 aromatic carbocycles. The van der Waals surface area contributed by atoms with Gasteiger partial charge in [0.05, 0.1) is 15.1 Å². The average Bonchev–Trinajstić information content (AvgIpc) is 3.09. The van der Waals surface area contributed by atoms with Gasteiger partial charge in [0, 0.05) is 5.02 Å². The van der Waals surface area contributed by atoms with Crippen molar-refractivity contribution in [3.05, 3.63) is 97.8 Å². The normalized spacial score (nSPS) is 16.0. The van der Waals surface area contributed by atoms with Crippen LogP contribution in [0.4, 0.5) is 5.69 Å². The quantitative estimate of drug-likeness (QED) is 0.378. The Morgan fingerprint density at radius 1 is 1.13 bits per heavy atom. The number of aliphatic imine (C=N–C) groups is 1. The highest BCUT2D eigenvalue weighted by molar-refractivity contribution is 9.10. The zero-order valence-electron chi connectivity index (χ0n) is 16.6. The van der Waals surface area contributed by atoms with Gasteiger partial charge in [0.15, 0.2) is 5.17 Å². The molecule has 4 nitrogen and oxygen atoms in total. The van der Waals surface area contributed by atoms with Gasteiger partial charge in [0.1, 0.15) is 12.4 Å². The van der Waals surface area contributed by atoms with Crippen LogP contribution in [-0.2, 0) is 11.4 Å². The summed E-state index contributed by atoms with van der Waals surface area (Å²) in [4.78, 5) is 17.5. The van der Waals surface area contributed by atoms with E-state index < -0.39 is 0 Å². The van der Waals surface area contributed by atoms with Gasteiger partial charge in [-0.3, -0.25) is 4.79 Å². The molecular formula is C24H18BrClN2O2S. The van der Waals surface area contributed by atoms with Gasteiger partial charge >= 0.3 is 0 Å². The summed E-state index contributed by atoms with van der Waals surface area (Å²) in [7, 11) is 0. The van der Waals surface area contributed by atoms with E-state index in [-0.39, 0.29) is 5.91 Å². The lowest BCUT2D eigenvalue weighted by Crippen LogP contribution is -2.19. The Morgan fingerprint density at radius 3 is 2.68 bits per heavy atom. The van der Waals surface area contributed by atoms with Crippen molar-refractivity contribution in [3.8, 4) is 5.75 Å². The Balaban J connectivity index is 1.47. The smallest absolute Gasteiger partial charge is 0.264 e. The van der Waals surface area contributed by atoms with Crippen LogP contribution in [-0.4, -0.2) is 11.1 Å². The molecule has 0 bridgehead atoms. The standard InChI is InChI=1S/C24H18BrClN2O2S/c1-15-11-18(26)8-9-20(15)27-24-28-23(29)22(31-24)13-17-7-10-21(19(25)12-17)30-14-16-5-3-2-4-6-16/h2-13H,14H2,1H3,(H,27,28,29)/b22-13-. The third-order valence-corrected chi connectivity index (χ3v) is 6.29.